The van der Waals surface area contributed by atoms with E-state index >= 15 is 0 Å². The first-order valence-corrected chi connectivity index (χ1v) is 8.31. The van der Waals surface area contributed by atoms with E-state index in [0.717, 1.165) is 5.69 Å². The van der Waals surface area contributed by atoms with Crippen LogP contribution in [0.15, 0.2) is 35.7 Å². The molecule has 2 rings (SSSR count). The molecule has 5 nitrogen and oxygen atoms in total. The molecule has 0 saturated heterocycles. The van der Waals surface area contributed by atoms with Crippen LogP contribution in [0.5, 0.6) is 0 Å². The molecule has 2 aromatic rings. The molecule has 1 aromatic heterocycles. The lowest BCUT2D eigenvalue weighted by atomic mass is 10.2. The zero-order valence-corrected chi connectivity index (χ0v) is 14.5. The lowest BCUT2D eigenvalue weighted by Gasteiger charge is -2.18. The fourth-order valence-corrected chi connectivity index (χ4v) is 2.81. The van der Waals surface area contributed by atoms with Crippen molar-refractivity contribution in [1.29, 1.82) is 0 Å². The molecule has 0 spiro atoms. The second-order valence-electron chi connectivity index (χ2n) is 5.09. The molecule has 122 valence electrons. The topological polar surface area (TPSA) is 61.4 Å². The van der Waals surface area contributed by atoms with Crippen molar-refractivity contribution in [3.63, 3.8) is 0 Å². The number of anilines is 2. The third-order valence-corrected chi connectivity index (χ3v) is 4.20. The van der Waals surface area contributed by atoms with E-state index in [4.69, 9.17) is 11.6 Å². The largest absolute Gasteiger partial charge is 0.376 e. The Kier molecular flexibility index (Phi) is 6.01. The highest BCUT2D eigenvalue weighted by Gasteiger charge is 2.11. The van der Waals surface area contributed by atoms with E-state index in [2.05, 4.69) is 10.6 Å². The Morgan fingerprint density at radius 2 is 2.04 bits per heavy atom. The molecule has 0 radical (unpaired) electrons. The third-order valence-electron chi connectivity index (χ3n) is 3.10. The molecule has 0 aliphatic carbocycles. The van der Waals surface area contributed by atoms with Gasteiger partial charge in [-0.2, -0.15) is 0 Å². The lowest BCUT2D eigenvalue weighted by Crippen LogP contribution is -2.27. The molecule has 0 atom stereocenters. The molecule has 1 heterocycles. The highest BCUT2D eigenvalue weighted by Crippen LogP contribution is 2.27. The molecule has 0 fully saturated rings. The van der Waals surface area contributed by atoms with Crippen molar-refractivity contribution in [2.24, 2.45) is 0 Å². The van der Waals surface area contributed by atoms with Crippen LogP contribution in [-0.4, -0.2) is 32.5 Å². The zero-order chi connectivity index (χ0) is 16.8. The maximum absolute atomic E-state index is 12.0. The summed E-state index contributed by atoms with van der Waals surface area (Å²) < 4.78 is 0. The average molecular weight is 352 g/mol. The van der Waals surface area contributed by atoms with Crippen molar-refractivity contribution in [3.05, 3.63) is 45.6 Å². The van der Waals surface area contributed by atoms with Gasteiger partial charge in [0.05, 0.1) is 16.3 Å². The number of amides is 2. The van der Waals surface area contributed by atoms with Crippen LogP contribution in [0.1, 0.15) is 16.1 Å². The molecular formula is C16H18ClN3O2S. The molecular weight excluding hydrogens is 334 g/mol. The van der Waals surface area contributed by atoms with E-state index in [1.807, 2.05) is 36.5 Å². The van der Waals surface area contributed by atoms with Gasteiger partial charge in [-0.05, 0) is 29.6 Å². The van der Waals surface area contributed by atoms with Gasteiger partial charge in [0, 0.05) is 32.1 Å². The molecule has 2 amide bonds. The van der Waals surface area contributed by atoms with E-state index in [-0.39, 0.29) is 24.8 Å². The second kappa shape index (κ2) is 7.99. The lowest BCUT2D eigenvalue weighted by molar-refractivity contribution is -0.116. The number of carbonyl (C=O) groups excluding carboxylic acids is 2. The Morgan fingerprint density at radius 3 is 2.70 bits per heavy atom. The van der Waals surface area contributed by atoms with Gasteiger partial charge in [-0.25, -0.2) is 0 Å². The standard InChI is InChI=1S/C16H18ClN3O2S/c1-20(2)13-6-5-11(17)10-12(13)19-15(21)7-8-18-16(22)14-4-3-9-23-14/h3-6,9-10H,7-8H2,1-2H3,(H,18,22)(H,19,21). The molecule has 0 saturated carbocycles. The molecule has 0 unspecified atom stereocenters. The molecule has 7 heteroatoms. The van der Waals surface area contributed by atoms with Gasteiger partial charge in [-0.15, -0.1) is 11.3 Å². The van der Waals surface area contributed by atoms with E-state index in [9.17, 15) is 9.59 Å². The Bertz CT molecular complexity index is 687. The van der Waals surface area contributed by atoms with Crippen LogP contribution in [0.4, 0.5) is 11.4 Å². The summed E-state index contributed by atoms with van der Waals surface area (Å²) in [5, 5.41) is 7.94. The summed E-state index contributed by atoms with van der Waals surface area (Å²) >= 11 is 7.35. The highest BCUT2D eigenvalue weighted by molar-refractivity contribution is 7.12. The van der Waals surface area contributed by atoms with Crippen LogP contribution >= 0.6 is 22.9 Å². The van der Waals surface area contributed by atoms with Gasteiger partial charge >= 0.3 is 0 Å². The van der Waals surface area contributed by atoms with Crippen molar-refractivity contribution < 1.29 is 9.59 Å². The van der Waals surface area contributed by atoms with Crippen molar-refractivity contribution >= 4 is 46.1 Å². The summed E-state index contributed by atoms with van der Waals surface area (Å²) in [6.45, 7) is 0.278. The quantitative estimate of drug-likeness (QED) is 0.840. The number of hydrogen-bond acceptors (Lipinski definition) is 4. The maximum Gasteiger partial charge on any atom is 0.261 e. The van der Waals surface area contributed by atoms with Crippen LogP contribution in [0.3, 0.4) is 0 Å². The van der Waals surface area contributed by atoms with Gasteiger partial charge in [0.25, 0.3) is 5.91 Å². The van der Waals surface area contributed by atoms with E-state index < -0.39 is 0 Å². The molecule has 0 bridgehead atoms. The zero-order valence-electron chi connectivity index (χ0n) is 12.9. The SMILES string of the molecule is CN(C)c1ccc(Cl)cc1NC(=O)CCNC(=O)c1cccs1. The Morgan fingerprint density at radius 1 is 1.26 bits per heavy atom. The van der Waals surface area contributed by atoms with Gasteiger partial charge < -0.3 is 15.5 Å². The van der Waals surface area contributed by atoms with Gasteiger partial charge in [0.2, 0.25) is 5.91 Å². The number of hydrogen-bond donors (Lipinski definition) is 2. The first-order valence-electron chi connectivity index (χ1n) is 7.06. The number of rotatable bonds is 6. The van der Waals surface area contributed by atoms with Gasteiger partial charge in [0.1, 0.15) is 0 Å². The van der Waals surface area contributed by atoms with Crippen molar-refractivity contribution in [1.82, 2.24) is 5.32 Å². The fourth-order valence-electron chi connectivity index (χ4n) is 2.00. The molecule has 2 N–H and O–H groups in total. The van der Waals surface area contributed by atoms with Gasteiger partial charge in [-0.1, -0.05) is 17.7 Å². The number of halogens is 1. The number of carbonyl (C=O) groups is 2. The Balaban J connectivity index is 1.88. The van der Waals surface area contributed by atoms with Gasteiger partial charge in [-0.3, -0.25) is 9.59 Å². The van der Waals surface area contributed by atoms with Crippen molar-refractivity contribution in [2.45, 2.75) is 6.42 Å². The first-order chi connectivity index (χ1) is 11.0. The monoisotopic (exact) mass is 351 g/mol. The van der Waals surface area contributed by atoms with E-state index in [1.165, 1.54) is 11.3 Å². The minimum atomic E-state index is -0.179. The van der Waals surface area contributed by atoms with E-state index in [1.54, 1.807) is 18.2 Å². The maximum atomic E-state index is 12.0. The summed E-state index contributed by atoms with van der Waals surface area (Å²) in [5.74, 6) is -0.341. The first kappa shape index (κ1) is 17.3. The predicted molar refractivity (Wildman–Crippen MR) is 95.7 cm³/mol. The van der Waals surface area contributed by atoms with Crippen molar-refractivity contribution in [3.8, 4) is 0 Å². The molecule has 23 heavy (non-hydrogen) atoms. The highest BCUT2D eigenvalue weighted by atomic mass is 35.5. The summed E-state index contributed by atoms with van der Waals surface area (Å²) in [5.41, 5.74) is 1.52. The predicted octanol–water partition coefficient (Wildman–Crippen LogP) is 3.23. The summed E-state index contributed by atoms with van der Waals surface area (Å²) in [4.78, 5) is 26.4. The second-order valence-corrected chi connectivity index (χ2v) is 6.47. The van der Waals surface area contributed by atoms with Gasteiger partial charge in [0.15, 0.2) is 0 Å². The van der Waals surface area contributed by atoms with Crippen LogP contribution in [-0.2, 0) is 4.79 Å². The number of nitrogens with one attached hydrogen (secondary N) is 2. The summed E-state index contributed by atoms with van der Waals surface area (Å²) in [6, 6.07) is 8.88. The average Bonchev–Trinajstić information content (AvgIpc) is 3.01. The number of nitrogens with zero attached hydrogens (tertiary/aromatic N) is 1. The molecule has 1 aromatic carbocycles. The minimum Gasteiger partial charge on any atom is -0.376 e. The van der Waals surface area contributed by atoms with Crippen LogP contribution in [0.25, 0.3) is 0 Å². The molecule has 0 aliphatic rings. The van der Waals surface area contributed by atoms with E-state index in [0.29, 0.717) is 15.6 Å². The minimum absolute atomic E-state index is 0.162. The van der Waals surface area contributed by atoms with Crippen LogP contribution in [0, 0.1) is 0 Å². The third kappa shape index (κ3) is 4.97. The molecule has 0 aliphatic heterocycles. The smallest absolute Gasteiger partial charge is 0.261 e. The number of thiophene rings is 1. The van der Waals surface area contributed by atoms with Crippen LogP contribution in [0.2, 0.25) is 5.02 Å². The summed E-state index contributed by atoms with van der Waals surface area (Å²) in [7, 11) is 3.78. The Hall–Kier alpha value is -2.05. The summed E-state index contributed by atoms with van der Waals surface area (Å²) in [6.07, 6.45) is 0.191. The van der Waals surface area contributed by atoms with Crippen molar-refractivity contribution in [2.75, 3.05) is 30.9 Å². The normalized spacial score (nSPS) is 10.2. The fraction of sp³-hybridized carbons (Fsp3) is 0.250. The van der Waals surface area contributed by atoms with Crippen LogP contribution < -0.4 is 15.5 Å². The Labute approximate surface area is 144 Å². The number of benzene rings is 1.